The van der Waals surface area contributed by atoms with Gasteiger partial charge in [0.2, 0.25) is 5.82 Å². The molecular formula is C19H23N5OS. The molecule has 136 valence electrons. The van der Waals surface area contributed by atoms with Crippen molar-refractivity contribution in [2.24, 2.45) is 11.8 Å². The summed E-state index contributed by atoms with van der Waals surface area (Å²) in [4.78, 5) is 26.5. The van der Waals surface area contributed by atoms with Crippen LogP contribution >= 0.6 is 11.3 Å². The zero-order valence-electron chi connectivity index (χ0n) is 15.2. The van der Waals surface area contributed by atoms with E-state index >= 15 is 0 Å². The van der Waals surface area contributed by atoms with Gasteiger partial charge in [-0.05, 0) is 49.5 Å². The molecule has 3 aromatic rings. The quantitative estimate of drug-likeness (QED) is 0.660. The fraction of sp³-hybridized carbons (Fsp3) is 0.579. The molecule has 4 heterocycles. The number of fused-ring (bicyclic) bond motifs is 5. The maximum atomic E-state index is 12.9. The van der Waals surface area contributed by atoms with Crippen LogP contribution in [0.3, 0.4) is 0 Å². The van der Waals surface area contributed by atoms with Crippen LogP contribution in [0.2, 0.25) is 0 Å². The van der Waals surface area contributed by atoms with Gasteiger partial charge in [-0.3, -0.25) is 4.79 Å². The molecule has 0 unspecified atom stereocenters. The summed E-state index contributed by atoms with van der Waals surface area (Å²) in [6.45, 7) is 6.10. The Balaban J connectivity index is 1.60. The van der Waals surface area contributed by atoms with Crippen molar-refractivity contribution >= 4 is 33.1 Å². The average Bonchev–Trinajstić information content (AvgIpc) is 3.21. The number of hydrogen-bond donors (Lipinski definition) is 0. The Kier molecular flexibility index (Phi) is 3.74. The van der Waals surface area contributed by atoms with E-state index in [1.54, 1.807) is 22.2 Å². The molecule has 26 heavy (non-hydrogen) atoms. The standard InChI is InChI=1S/C19H23N5OS/c1-11-5-6-14-13(8-11)15-17-21-16(22-24(17)10-20-18(15)26-14)19(25)23-7-3-4-12(2)9-23/h10-12H,3-9H2,1-2H3/t11-,12-/m1/s1. The number of aromatic nitrogens is 4. The number of likely N-dealkylation sites (tertiary alicyclic amines) is 1. The largest absolute Gasteiger partial charge is 0.336 e. The lowest BCUT2D eigenvalue weighted by Gasteiger charge is -2.29. The van der Waals surface area contributed by atoms with Crippen molar-refractivity contribution in [3.8, 4) is 0 Å². The van der Waals surface area contributed by atoms with Gasteiger partial charge in [-0.2, -0.15) is 0 Å². The third-order valence-electron chi connectivity index (χ3n) is 5.76. The summed E-state index contributed by atoms with van der Waals surface area (Å²) in [5, 5.41) is 5.58. The van der Waals surface area contributed by atoms with Gasteiger partial charge in [0.25, 0.3) is 5.91 Å². The highest BCUT2D eigenvalue weighted by Crippen LogP contribution is 2.38. The molecule has 6 nitrogen and oxygen atoms in total. The predicted octanol–water partition coefficient (Wildman–Crippen LogP) is 3.34. The normalized spacial score (nSPS) is 23.5. The molecule has 2 aliphatic rings. The van der Waals surface area contributed by atoms with Crippen molar-refractivity contribution in [2.45, 2.75) is 46.0 Å². The first-order chi connectivity index (χ1) is 12.6. The molecule has 0 N–H and O–H groups in total. The van der Waals surface area contributed by atoms with Gasteiger partial charge >= 0.3 is 0 Å². The fourth-order valence-electron chi connectivity index (χ4n) is 4.35. The van der Waals surface area contributed by atoms with Crippen molar-refractivity contribution in [1.82, 2.24) is 24.5 Å². The lowest BCUT2D eigenvalue weighted by Crippen LogP contribution is -2.39. The van der Waals surface area contributed by atoms with Gasteiger partial charge in [0.05, 0.1) is 5.39 Å². The SMILES string of the molecule is C[C@@H]1CCc2sc3ncn4nc(C(=O)N5CCC[C@@H](C)C5)nc4c3c2C1. The van der Waals surface area contributed by atoms with Crippen molar-refractivity contribution in [2.75, 3.05) is 13.1 Å². The van der Waals surface area contributed by atoms with Crippen LogP contribution in [0.5, 0.6) is 0 Å². The summed E-state index contributed by atoms with van der Waals surface area (Å²) in [5.41, 5.74) is 2.16. The van der Waals surface area contributed by atoms with Crippen LogP contribution in [-0.4, -0.2) is 43.5 Å². The van der Waals surface area contributed by atoms with Crippen LogP contribution in [0.15, 0.2) is 6.33 Å². The fourth-order valence-corrected chi connectivity index (χ4v) is 5.53. The van der Waals surface area contributed by atoms with Crippen molar-refractivity contribution in [1.29, 1.82) is 0 Å². The number of thiophene rings is 1. The highest BCUT2D eigenvalue weighted by molar-refractivity contribution is 7.19. The third kappa shape index (κ3) is 2.52. The number of piperidine rings is 1. The van der Waals surface area contributed by atoms with Gasteiger partial charge < -0.3 is 4.90 Å². The lowest BCUT2D eigenvalue weighted by atomic mass is 9.89. The van der Waals surface area contributed by atoms with Crippen LogP contribution in [0.1, 0.15) is 54.2 Å². The topological polar surface area (TPSA) is 63.4 Å². The number of carbonyl (C=O) groups excluding carboxylic acids is 1. The van der Waals surface area contributed by atoms with Crippen LogP contribution in [0.25, 0.3) is 15.9 Å². The monoisotopic (exact) mass is 369 g/mol. The zero-order valence-corrected chi connectivity index (χ0v) is 16.1. The van der Waals surface area contributed by atoms with Gasteiger partial charge in [0, 0.05) is 18.0 Å². The average molecular weight is 369 g/mol. The van der Waals surface area contributed by atoms with Gasteiger partial charge in [-0.25, -0.2) is 14.5 Å². The lowest BCUT2D eigenvalue weighted by molar-refractivity contribution is 0.0671. The summed E-state index contributed by atoms with van der Waals surface area (Å²) in [6, 6.07) is 0. The molecule has 1 amide bonds. The molecule has 2 atom stereocenters. The first kappa shape index (κ1) is 16.2. The van der Waals surface area contributed by atoms with Gasteiger partial charge in [-0.15, -0.1) is 16.4 Å². The number of rotatable bonds is 1. The third-order valence-corrected chi connectivity index (χ3v) is 6.96. The Morgan fingerprint density at radius 3 is 3.00 bits per heavy atom. The molecule has 0 spiro atoms. The molecule has 5 rings (SSSR count). The summed E-state index contributed by atoms with van der Waals surface area (Å²) in [5.74, 6) is 1.48. The van der Waals surface area contributed by atoms with Gasteiger partial charge in [0.1, 0.15) is 11.2 Å². The minimum atomic E-state index is -0.0501. The molecule has 0 bridgehead atoms. The molecule has 7 heteroatoms. The Labute approximate surface area is 156 Å². The van der Waals surface area contributed by atoms with Crippen LogP contribution < -0.4 is 0 Å². The van der Waals surface area contributed by atoms with Gasteiger partial charge in [-0.1, -0.05) is 13.8 Å². The van der Waals surface area contributed by atoms with Gasteiger partial charge in [0.15, 0.2) is 5.65 Å². The van der Waals surface area contributed by atoms with E-state index in [1.165, 1.54) is 23.3 Å². The number of aryl methyl sites for hydroxylation is 1. The summed E-state index contributed by atoms with van der Waals surface area (Å²) in [6.07, 6.45) is 7.37. The molecule has 1 aliphatic heterocycles. The van der Waals surface area contributed by atoms with E-state index in [0.717, 1.165) is 48.2 Å². The summed E-state index contributed by atoms with van der Waals surface area (Å²) in [7, 11) is 0. The molecule has 1 fully saturated rings. The first-order valence-electron chi connectivity index (χ1n) is 9.55. The van der Waals surface area contributed by atoms with Crippen LogP contribution in [0.4, 0.5) is 0 Å². The number of carbonyl (C=O) groups is 1. The smallest absolute Gasteiger partial charge is 0.293 e. The minimum absolute atomic E-state index is 0.0501. The van der Waals surface area contributed by atoms with Crippen molar-refractivity contribution in [3.63, 3.8) is 0 Å². The molecule has 0 radical (unpaired) electrons. The minimum Gasteiger partial charge on any atom is -0.336 e. The molecule has 3 aromatic heterocycles. The van der Waals surface area contributed by atoms with E-state index in [-0.39, 0.29) is 5.91 Å². The molecular weight excluding hydrogens is 346 g/mol. The number of hydrogen-bond acceptors (Lipinski definition) is 5. The second-order valence-electron chi connectivity index (χ2n) is 7.98. The van der Waals surface area contributed by atoms with E-state index in [0.29, 0.717) is 17.7 Å². The Morgan fingerprint density at radius 1 is 1.27 bits per heavy atom. The van der Waals surface area contributed by atoms with E-state index in [1.807, 2.05) is 4.90 Å². The van der Waals surface area contributed by atoms with Crippen LogP contribution in [-0.2, 0) is 12.8 Å². The van der Waals surface area contributed by atoms with E-state index in [4.69, 9.17) is 0 Å². The Morgan fingerprint density at radius 2 is 2.15 bits per heavy atom. The van der Waals surface area contributed by atoms with E-state index < -0.39 is 0 Å². The zero-order chi connectivity index (χ0) is 17.8. The highest BCUT2D eigenvalue weighted by Gasteiger charge is 2.27. The van der Waals surface area contributed by atoms with E-state index in [9.17, 15) is 4.79 Å². The van der Waals surface area contributed by atoms with E-state index in [2.05, 4.69) is 28.9 Å². The second kappa shape index (κ2) is 6.01. The maximum Gasteiger partial charge on any atom is 0.293 e. The Bertz CT molecular complexity index is 1010. The van der Waals surface area contributed by atoms with Crippen molar-refractivity contribution in [3.05, 3.63) is 22.6 Å². The predicted molar refractivity (Wildman–Crippen MR) is 102 cm³/mol. The molecule has 0 aromatic carbocycles. The summed E-state index contributed by atoms with van der Waals surface area (Å²) >= 11 is 1.78. The highest BCUT2D eigenvalue weighted by atomic mass is 32.1. The summed E-state index contributed by atoms with van der Waals surface area (Å²) < 4.78 is 1.69. The number of amides is 1. The Hall–Kier alpha value is -2.02. The maximum absolute atomic E-state index is 12.9. The van der Waals surface area contributed by atoms with Crippen molar-refractivity contribution < 1.29 is 4.79 Å². The molecule has 1 saturated heterocycles. The molecule has 0 saturated carbocycles. The second-order valence-corrected chi connectivity index (χ2v) is 9.06. The number of nitrogens with zero attached hydrogens (tertiary/aromatic N) is 5. The van der Waals surface area contributed by atoms with Crippen LogP contribution in [0, 0.1) is 11.8 Å². The first-order valence-corrected chi connectivity index (χ1v) is 10.4. The molecule has 1 aliphatic carbocycles.